The van der Waals surface area contributed by atoms with Gasteiger partial charge in [0.15, 0.2) is 0 Å². The van der Waals surface area contributed by atoms with E-state index in [1.54, 1.807) is 0 Å². The van der Waals surface area contributed by atoms with Gasteiger partial charge in [-0.25, -0.2) is 0 Å². The molecule has 1 heteroatoms. The first-order valence-electron chi connectivity index (χ1n) is 3.55. The largest absolute Gasteiger partial charge is 0.0985 e. The number of rotatable bonds is 2. The van der Waals surface area contributed by atoms with Crippen LogP contribution in [0.15, 0.2) is 24.8 Å². The lowest BCUT2D eigenvalue weighted by Gasteiger charge is -2.00. The van der Waals surface area contributed by atoms with Gasteiger partial charge in [-0.1, -0.05) is 59.0 Å². The lowest BCUT2D eigenvalue weighted by molar-refractivity contribution is 1.37. The zero-order valence-corrected chi connectivity index (χ0v) is 8.76. The fraction of sp³-hybridized carbons (Fsp3) is 0.200. The van der Waals surface area contributed by atoms with Crippen LogP contribution in [0.5, 0.6) is 0 Å². The van der Waals surface area contributed by atoms with Crippen molar-refractivity contribution in [1.82, 2.24) is 0 Å². The second kappa shape index (κ2) is 3.90. The minimum absolute atomic E-state index is 1.07. The first-order chi connectivity index (χ1) is 5.26. The van der Waals surface area contributed by atoms with Crippen LogP contribution in [0.25, 0.3) is 6.08 Å². The van der Waals surface area contributed by atoms with Crippen molar-refractivity contribution in [3.63, 3.8) is 0 Å². The number of hydrogen-bond donors (Lipinski definition) is 0. The summed E-state index contributed by atoms with van der Waals surface area (Å²) in [5.41, 5.74) is 3.91. The maximum Gasteiger partial charge on any atom is 0.0247 e. The summed E-state index contributed by atoms with van der Waals surface area (Å²) in [6, 6.07) is 6.52. The van der Waals surface area contributed by atoms with E-state index < -0.39 is 0 Å². The molecule has 0 aliphatic carbocycles. The van der Waals surface area contributed by atoms with Crippen LogP contribution in [0.2, 0.25) is 0 Å². The van der Waals surface area contributed by atoms with Gasteiger partial charge in [0.1, 0.15) is 0 Å². The molecule has 1 aromatic rings. The Hall–Kier alpha value is -0.310. The van der Waals surface area contributed by atoms with Gasteiger partial charge in [0.05, 0.1) is 0 Å². The van der Waals surface area contributed by atoms with Crippen molar-refractivity contribution in [1.29, 1.82) is 0 Å². The van der Waals surface area contributed by atoms with Gasteiger partial charge >= 0.3 is 0 Å². The predicted molar refractivity (Wildman–Crippen MR) is 59.0 cm³/mol. The Bertz CT molecular complexity index is 264. The Morgan fingerprint density at radius 3 is 2.73 bits per heavy atom. The van der Waals surface area contributed by atoms with Crippen LogP contribution in [-0.2, 0) is 4.43 Å². The van der Waals surface area contributed by atoms with E-state index in [0.717, 1.165) is 4.43 Å². The van der Waals surface area contributed by atoms with E-state index in [-0.39, 0.29) is 0 Å². The molecule has 58 valence electrons. The third kappa shape index (κ3) is 2.33. The van der Waals surface area contributed by atoms with E-state index in [1.807, 2.05) is 6.08 Å². The highest BCUT2D eigenvalue weighted by Gasteiger charge is 1.93. The highest BCUT2D eigenvalue weighted by molar-refractivity contribution is 14.1. The first-order valence-corrected chi connectivity index (χ1v) is 5.08. The molecular formula is C10H11I. The summed E-state index contributed by atoms with van der Waals surface area (Å²) >= 11 is 2.37. The molecule has 0 N–H and O–H groups in total. The molecule has 0 saturated heterocycles. The monoisotopic (exact) mass is 258 g/mol. The quantitative estimate of drug-likeness (QED) is 0.562. The smallest absolute Gasteiger partial charge is 0.0247 e. The van der Waals surface area contributed by atoms with Gasteiger partial charge < -0.3 is 0 Å². The molecule has 0 radical (unpaired) electrons. The molecule has 1 aromatic carbocycles. The third-order valence-electron chi connectivity index (χ3n) is 1.55. The Kier molecular flexibility index (Phi) is 3.12. The molecule has 11 heavy (non-hydrogen) atoms. The van der Waals surface area contributed by atoms with Gasteiger partial charge in [0.2, 0.25) is 0 Å². The topological polar surface area (TPSA) is 0 Å². The predicted octanol–water partition coefficient (Wildman–Crippen LogP) is 3.57. The number of benzene rings is 1. The molecule has 0 atom stereocenters. The van der Waals surface area contributed by atoms with Gasteiger partial charge in [-0.2, -0.15) is 0 Å². The lowest BCUT2D eigenvalue weighted by atomic mass is 10.1. The molecule has 0 spiro atoms. The average Bonchev–Trinajstić information content (AvgIpc) is 2.03. The maximum atomic E-state index is 3.74. The van der Waals surface area contributed by atoms with E-state index in [1.165, 1.54) is 16.7 Å². The summed E-state index contributed by atoms with van der Waals surface area (Å²) < 4.78 is 1.07. The van der Waals surface area contributed by atoms with E-state index in [9.17, 15) is 0 Å². The van der Waals surface area contributed by atoms with E-state index in [2.05, 4.69) is 54.3 Å². The van der Waals surface area contributed by atoms with Crippen LogP contribution in [0.3, 0.4) is 0 Å². The Morgan fingerprint density at radius 1 is 1.45 bits per heavy atom. The van der Waals surface area contributed by atoms with Crippen LogP contribution in [0.1, 0.15) is 16.7 Å². The lowest BCUT2D eigenvalue weighted by Crippen LogP contribution is -1.82. The van der Waals surface area contributed by atoms with Crippen molar-refractivity contribution in [3.8, 4) is 0 Å². The molecule has 0 aliphatic rings. The van der Waals surface area contributed by atoms with E-state index >= 15 is 0 Å². The number of aryl methyl sites for hydroxylation is 1. The zero-order valence-electron chi connectivity index (χ0n) is 6.60. The number of alkyl halides is 1. The minimum Gasteiger partial charge on any atom is -0.0985 e. The fourth-order valence-electron chi connectivity index (χ4n) is 1.09. The Morgan fingerprint density at radius 2 is 2.18 bits per heavy atom. The van der Waals surface area contributed by atoms with E-state index in [0.29, 0.717) is 0 Å². The van der Waals surface area contributed by atoms with Gasteiger partial charge in [-0.3, -0.25) is 0 Å². The summed E-state index contributed by atoms with van der Waals surface area (Å²) in [6.45, 7) is 5.86. The maximum absolute atomic E-state index is 3.74. The van der Waals surface area contributed by atoms with Crippen LogP contribution in [0, 0.1) is 6.92 Å². The van der Waals surface area contributed by atoms with Gasteiger partial charge in [-0.05, 0) is 18.1 Å². The van der Waals surface area contributed by atoms with Crippen LogP contribution >= 0.6 is 22.6 Å². The Balaban J connectivity index is 3.11. The molecule has 0 aliphatic heterocycles. The van der Waals surface area contributed by atoms with Crippen molar-refractivity contribution in [2.45, 2.75) is 11.4 Å². The Labute approximate surface area is 81.5 Å². The fourth-order valence-corrected chi connectivity index (χ4v) is 1.53. The van der Waals surface area contributed by atoms with Crippen molar-refractivity contribution < 1.29 is 0 Å². The highest BCUT2D eigenvalue weighted by Crippen LogP contribution is 2.13. The van der Waals surface area contributed by atoms with Gasteiger partial charge in [-0.15, -0.1) is 0 Å². The molecular weight excluding hydrogens is 247 g/mol. The first kappa shape index (κ1) is 8.78. The summed E-state index contributed by atoms with van der Waals surface area (Å²) in [5, 5.41) is 0. The van der Waals surface area contributed by atoms with Crippen molar-refractivity contribution >= 4 is 28.7 Å². The second-order valence-electron chi connectivity index (χ2n) is 2.59. The molecule has 1 rings (SSSR count). The van der Waals surface area contributed by atoms with Crippen LogP contribution in [0.4, 0.5) is 0 Å². The highest BCUT2D eigenvalue weighted by atomic mass is 127. The summed E-state index contributed by atoms with van der Waals surface area (Å²) in [7, 11) is 0. The summed E-state index contributed by atoms with van der Waals surface area (Å²) in [5.74, 6) is 0. The van der Waals surface area contributed by atoms with Crippen LogP contribution in [-0.4, -0.2) is 0 Å². The summed E-state index contributed by atoms with van der Waals surface area (Å²) in [6.07, 6.45) is 1.89. The second-order valence-corrected chi connectivity index (χ2v) is 3.35. The molecule has 0 saturated carbocycles. The zero-order chi connectivity index (χ0) is 8.27. The standard InChI is InChI=1S/C10H11I/c1-3-9-4-8(2)5-10(6-9)7-11/h3-6H,1,7H2,2H3. The number of hydrogen-bond acceptors (Lipinski definition) is 0. The molecule has 0 bridgehead atoms. The molecule has 0 fully saturated rings. The van der Waals surface area contributed by atoms with Gasteiger partial charge in [0.25, 0.3) is 0 Å². The van der Waals surface area contributed by atoms with Crippen LogP contribution < -0.4 is 0 Å². The SMILES string of the molecule is C=Cc1cc(C)cc(CI)c1. The molecule has 0 aromatic heterocycles. The van der Waals surface area contributed by atoms with Gasteiger partial charge in [0, 0.05) is 4.43 Å². The third-order valence-corrected chi connectivity index (χ3v) is 2.43. The normalized spacial score (nSPS) is 9.64. The van der Waals surface area contributed by atoms with E-state index in [4.69, 9.17) is 0 Å². The summed E-state index contributed by atoms with van der Waals surface area (Å²) in [4.78, 5) is 0. The average molecular weight is 258 g/mol. The van der Waals surface area contributed by atoms with Crippen molar-refractivity contribution in [2.24, 2.45) is 0 Å². The molecule has 0 nitrogen and oxygen atoms in total. The molecule has 0 amide bonds. The molecule has 0 heterocycles. The van der Waals surface area contributed by atoms with Crippen molar-refractivity contribution in [2.75, 3.05) is 0 Å². The minimum atomic E-state index is 1.07. The van der Waals surface area contributed by atoms with Crippen molar-refractivity contribution in [3.05, 3.63) is 41.5 Å². The number of halogens is 1. The molecule has 0 unspecified atom stereocenters.